The highest BCUT2D eigenvalue weighted by molar-refractivity contribution is 6.17. The second-order valence-corrected chi connectivity index (χ2v) is 6.32. The van der Waals surface area contributed by atoms with E-state index in [1.54, 1.807) is 0 Å². The van der Waals surface area contributed by atoms with E-state index in [0.717, 1.165) is 26.2 Å². The Morgan fingerprint density at radius 1 is 0.867 bits per heavy atom. The van der Waals surface area contributed by atoms with E-state index in [-0.39, 0.29) is 11.5 Å². The Labute approximate surface area is 170 Å². The third-order valence-corrected chi connectivity index (χ3v) is 4.08. The fraction of sp³-hybridized carbons (Fsp3) is 0.286. The lowest BCUT2D eigenvalue weighted by atomic mass is 9.96. The molecule has 0 aliphatic rings. The Kier molecular flexibility index (Phi) is 7.20. The van der Waals surface area contributed by atoms with Gasteiger partial charge in [-0.1, -0.05) is 0 Å². The van der Waals surface area contributed by atoms with Crippen LogP contribution in [0.4, 0.5) is 13.2 Å². The van der Waals surface area contributed by atoms with Crippen LogP contribution >= 0.6 is 0 Å². The average Bonchev–Trinajstić information content (AvgIpc) is 2.68. The van der Waals surface area contributed by atoms with Gasteiger partial charge in [0.05, 0.1) is 12.7 Å². The number of ketones is 2. The fourth-order valence-corrected chi connectivity index (χ4v) is 2.53. The van der Waals surface area contributed by atoms with Crippen molar-refractivity contribution >= 4 is 17.5 Å². The molecular formula is C21H19F3O6. The Bertz CT molecular complexity index is 904. The van der Waals surface area contributed by atoms with Crippen molar-refractivity contribution in [1.82, 2.24) is 0 Å². The molecule has 0 fully saturated rings. The standard InChI is InChI=1S/C21H19F3O6/c1-12(25)18(20(27)28-3)19(26)13(2)29-15-8-10-17(11-9-15)30-16-6-4-14(5-7-16)21(22,23)24/h4-11,13,18H,1-3H3. The number of hydrogen-bond donors (Lipinski definition) is 0. The topological polar surface area (TPSA) is 78.9 Å². The molecule has 2 aromatic carbocycles. The summed E-state index contributed by atoms with van der Waals surface area (Å²) in [5, 5.41) is 0. The van der Waals surface area contributed by atoms with Gasteiger partial charge >= 0.3 is 12.1 Å². The first-order chi connectivity index (χ1) is 14.0. The average molecular weight is 424 g/mol. The molecule has 0 N–H and O–H groups in total. The summed E-state index contributed by atoms with van der Waals surface area (Å²) in [6.07, 6.45) is -5.53. The van der Waals surface area contributed by atoms with Crippen LogP contribution in [0.1, 0.15) is 19.4 Å². The van der Waals surface area contributed by atoms with Gasteiger partial charge in [0, 0.05) is 0 Å². The van der Waals surface area contributed by atoms with Crippen molar-refractivity contribution < 1.29 is 41.8 Å². The smallest absolute Gasteiger partial charge is 0.416 e. The number of benzene rings is 2. The molecule has 0 amide bonds. The van der Waals surface area contributed by atoms with Crippen molar-refractivity contribution in [2.45, 2.75) is 26.1 Å². The van der Waals surface area contributed by atoms with E-state index < -0.39 is 41.3 Å². The number of halogens is 3. The van der Waals surface area contributed by atoms with E-state index in [1.165, 1.54) is 43.3 Å². The second-order valence-electron chi connectivity index (χ2n) is 6.32. The van der Waals surface area contributed by atoms with Gasteiger partial charge in [-0.2, -0.15) is 13.2 Å². The molecule has 0 aliphatic carbocycles. The summed E-state index contributed by atoms with van der Waals surface area (Å²) >= 11 is 0. The van der Waals surface area contributed by atoms with Gasteiger partial charge in [-0.05, 0) is 62.4 Å². The van der Waals surface area contributed by atoms with Gasteiger partial charge in [0.25, 0.3) is 0 Å². The maximum absolute atomic E-state index is 12.6. The largest absolute Gasteiger partial charge is 0.483 e. The maximum Gasteiger partial charge on any atom is 0.416 e. The van der Waals surface area contributed by atoms with E-state index in [1.807, 2.05) is 0 Å². The van der Waals surface area contributed by atoms with Crippen LogP contribution in [0.15, 0.2) is 48.5 Å². The number of methoxy groups -OCH3 is 1. The minimum Gasteiger partial charge on any atom is -0.483 e. The van der Waals surface area contributed by atoms with Gasteiger partial charge in [0.1, 0.15) is 17.2 Å². The van der Waals surface area contributed by atoms with Gasteiger partial charge in [0.15, 0.2) is 23.6 Å². The van der Waals surface area contributed by atoms with E-state index in [4.69, 9.17) is 9.47 Å². The lowest BCUT2D eigenvalue weighted by Gasteiger charge is -2.18. The Hall–Kier alpha value is -3.36. The van der Waals surface area contributed by atoms with E-state index >= 15 is 0 Å². The number of hydrogen-bond acceptors (Lipinski definition) is 6. The highest BCUT2D eigenvalue weighted by Crippen LogP contribution is 2.31. The van der Waals surface area contributed by atoms with E-state index in [2.05, 4.69) is 4.74 Å². The Morgan fingerprint density at radius 3 is 1.77 bits per heavy atom. The van der Waals surface area contributed by atoms with Crippen LogP contribution in [-0.4, -0.2) is 30.7 Å². The van der Waals surface area contributed by atoms with Gasteiger partial charge in [-0.25, -0.2) is 0 Å². The summed E-state index contributed by atoms with van der Waals surface area (Å²) in [5.74, 6) is -3.10. The van der Waals surface area contributed by atoms with Crippen LogP contribution in [0.3, 0.4) is 0 Å². The zero-order chi connectivity index (χ0) is 22.5. The highest BCUT2D eigenvalue weighted by Gasteiger charge is 2.36. The van der Waals surface area contributed by atoms with E-state index in [9.17, 15) is 27.6 Å². The molecule has 0 heterocycles. The molecular weight excluding hydrogens is 405 g/mol. The third kappa shape index (κ3) is 5.82. The quantitative estimate of drug-likeness (QED) is 0.467. The summed E-state index contributed by atoms with van der Waals surface area (Å²) in [7, 11) is 1.08. The number of carbonyl (C=O) groups excluding carboxylic acids is 3. The molecule has 160 valence electrons. The van der Waals surface area contributed by atoms with Crippen LogP contribution in [0.2, 0.25) is 0 Å². The molecule has 0 bridgehead atoms. The van der Waals surface area contributed by atoms with E-state index in [0.29, 0.717) is 5.75 Å². The molecule has 0 aromatic heterocycles. The van der Waals surface area contributed by atoms with Gasteiger partial charge in [-0.3, -0.25) is 14.4 Å². The molecule has 0 aliphatic heterocycles. The van der Waals surface area contributed by atoms with Crippen LogP contribution in [0.25, 0.3) is 0 Å². The van der Waals surface area contributed by atoms with Crippen LogP contribution in [0, 0.1) is 5.92 Å². The number of Topliss-reactive ketones (excluding diaryl/α,β-unsaturated/α-hetero) is 2. The predicted octanol–water partition coefficient (Wildman–Crippen LogP) is 4.21. The molecule has 2 rings (SSSR count). The first kappa shape index (κ1) is 22.9. The molecule has 6 nitrogen and oxygen atoms in total. The normalized spacial score (nSPS) is 13.1. The number of alkyl halides is 3. The van der Waals surface area contributed by atoms with Crippen molar-refractivity contribution in [2.24, 2.45) is 5.92 Å². The third-order valence-electron chi connectivity index (χ3n) is 4.08. The lowest BCUT2D eigenvalue weighted by molar-refractivity contribution is -0.154. The van der Waals surface area contributed by atoms with Crippen LogP contribution in [-0.2, 0) is 25.3 Å². The molecule has 30 heavy (non-hydrogen) atoms. The zero-order valence-corrected chi connectivity index (χ0v) is 16.4. The van der Waals surface area contributed by atoms with Crippen LogP contribution in [0.5, 0.6) is 17.2 Å². The van der Waals surface area contributed by atoms with Crippen molar-refractivity contribution in [3.05, 3.63) is 54.1 Å². The number of carbonyl (C=O) groups is 3. The van der Waals surface area contributed by atoms with Gasteiger partial charge in [-0.15, -0.1) is 0 Å². The minimum atomic E-state index is -4.43. The lowest BCUT2D eigenvalue weighted by Crippen LogP contribution is -2.39. The first-order valence-corrected chi connectivity index (χ1v) is 8.76. The molecule has 2 unspecified atom stereocenters. The zero-order valence-electron chi connectivity index (χ0n) is 16.4. The summed E-state index contributed by atoms with van der Waals surface area (Å²) in [6.45, 7) is 2.51. The summed E-state index contributed by atoms with van der Waals surface area (Å²) < 4.78 is 53.2. The molecule has 0 spiro atoms. The maximum atomic E-state index is 12.6. The molecule has 9 heteroatoms. The second kappa shape index (κ2) is 9.43. The van der Waals surface area contributed by atoms with Crippen LogP contribution < -0.4 is 9.47 Å². The van der Waals surface area contributed by atoms with Crippen molar-refractivity contribution in [3.63, 3.8) is 0 Å². The van der Waals surface area contributed by atoms with Gasteiger partial charge in [0.2, 0.25) is 0 Å². The molecule has 0 saturated carbocycles. The predicted molar refractivity (Wildman–Crippen MR) is 99.2 cm³/mol. The number of esters is 1. The minimum absolute atomic E-state index is 0.211. The molecule has 2 atom stereocenters. The number of ether oxygens (including phenoxy) is 3. The van der Waals surface area contributed by atoms with Gasteiger partial charge < -0.3 is 14.2 Å². The van der Waals surface area contributed by atoms with Crippen molar-refractivity contribution in [1.29, 1.82) is 0 Å². The molecule has 0 radical (unpaired) electrons. The van der Waals surface area contributed by atoms with Crippen molar-refractivity contribution in [3.8, 4) is 17.2 Å². The Morgan fingerprint density at radius 2 is 1.33 bits per heavy atom. The van der Waals surface area contributed by atoms with Crippen molar-refractivity contribution in [2.75, 3.05) is 7.11 Å². The molecule has 0 saturated heterocycles. The monoisotopic (exact) mass is 424 g/mol. The highest BCUT2D eigenvalue weighted by atomic mass is 19.4. The first-order valence-electron chi connectivity index (χ1n) is 8.76. The Balaban J connectivity index is 2.02. The fourth-order valence-electron chi connectivity index (χ4n) is 2.53. The summed E-state index contributed by atoms with van der Waals surface area (Å²) in [6, 6.07) is 10.2. The SMILES string of the molecule is COC(=O)C(C(C)=O)C(=O)C(C)Oc1ccc(Oc2ccc(C(F)(F)F)cc2)cc1. The summed E-state index contributed by atoms with van der Waals surface area (Å²) in [4.78, 5) is 35.6. The summed E-state index contributed by atoms with van der Waals surface area (Å²) in [5.41, 5.74) is -0.784. The molecule has 2 aromatic rings. The number of rotatable bonds is 8.